The Morgan fingerprint density at radius 3 is 2.36 bits per heavy atom. The average Bonchev–Trinajstić information content (AvgIpc) is 1.86. The highest BCUT2D eigenvalue weighted by molar-refractivity contribution is 7.66. The number of hydrogen-bond donors (Lipinski definition) is 0. The maximum absolute atomic E-state index is 11.5. The highest BCUT2D eigenvalue weighted by atomic mass is 31.2. The van der Waals surface area contributed by atoms with Crippen LogP contribution in [0.5, 0.6) is 0 Å². The van der Waals surface area contributed by atoms with Crippen LogP contribution in [0.25, 0.3) is 0 Å². The molecular formula is C8H13O2P. The molecule has 11 heavy (non-hydrogen) atoms. The predicted molar refractivity (Wildman–Crippen MR) is 46.4 cm³/mol. The fraction of sp³-hybridized carbons (Fsp3) is 0.625. The summed E-state index contributed by atoms with van der Waals surface area (Å²) in [6, 6.07) is 0. The van der Waals surface area contributed by atoms with Crippen molar-refractivity contribution in [3.8, 4) is 0 Å². The van der Waals surface area contributed by atoms with E-state index in [4.69, 9.17) is 0 Å². The van der Waals surface area contributed by atoms with Gasteiger partial charge in [-0.1, -0.05) is 0 Å². The lowest BCUT2D eigenvalue weighted by Gasteiger charge is -2.15. The van der Waals surface area contributed by atoms with Crippen molar-refractivity contribution in [1.82, 2.24) is 0 Å². The molecule has 1 aliphatic carbocycles. The second-order valence-electron chi connectivity index (χ2n) is 3.31. The molecule has 1 rings (SSSR count). The smallest absolute Gasteiger partial charge is 0.156 e. The quantitative estimate of drug-likeness (QED) is 0.568. The molecule has 3 heteroatoms. The van der Waals surface area contributed by atoms with Crippen LogP contribution >= 0.6 is 7.14 Å². The van der Waals surface area contributed by atoms with Gasteiger partial charge in [-0.05, 0) is 37.6 Å². The van der Waals surface area contributed by atoms with Crippen LogP contribution in [0.3, 0.4) is 0 Å². The van der Waals surface area contributed by atoms with Crippen LogP contribution < -0.4 is 0 Å². The van der Waals surface area contributed by atoms with E-state index in [0.717, 1.165) is 18.2 Å². The third-order valence-corrected chi connectivity index (χ3v) is 3.61. The third-order valence-electron chi connectivity index (χ3n) is 1.88. The molecule has 1 aliphatic rings. The van der Waals surface area contributed by atoms with E-state index in [1.807, 2.05) is 0 Å². The minimum atomic E-state index is -2.14. The van der Waals surface area contributed by atoms with Crippen molar-refractivity contribution in [3.05, 3.63) is 11.4 Å². The second kappa shape index (κ2) is 2.94. The average molecular weight is 172 g/mol. The Morgan fingerprint density at radius 1 is 1.36 bits per heavy atom. The number of rotatable bonds is 1. The van der Waals surface area contributed by atoms with E-state index in [0.29, 0.717) is 6.42 Å². The molecule has 0 aromatic rings. The third kappa shape index (κ3) is 2.30. The maximum Gasteiger partial charge on any atom is 0.156 e. The first-order chi connectivity index (χ1) is 5.00. The van der Waals surface area contributed by atoms with Crippen LogP contribution in [0.1, 0.15) is 19.3 Å². The maximum atomic E-state index is 11.5. The molecule has 0 aromatic carbocycles. The number of allylic oxidation sites excluding steroid dienone is 2. The molecule has 0 aromatic heterocycles. The molecule has 0 amide bonds. The first-order valence-electron chi connectivity index (χ1n) is 3.79. The Hall–Kier alpha value is -0.360. The summed E-state index contributed by atoms with van der Waals surface area (Å²) in [7, 11) is -2.14. The van der Waals surface area contributed by atoms with Gasteiger partial charge in [0.05, 0.1) is 0 Å². The Bertz CT molecular complexity index is 247. The zero-order valence-corrected chi connectivity index (χ0v) is 7.86. The Balaban J connectivity index is 2.88. The molecule has 0 unspecified atom stereocenters. The lowest BCUT2D eigenvalue weighted by atomic mass is 10.1. The number of ketones is 1. The van der Waals surface area contributed by atoms with E-state index in [1.54, 1.807) is 19.4 Å². The van der Waals surface area contributed by atoms with Crippen molar-refractivity contribution in [2.75, 3.05) is 13.3 Å². The molecule has 0 bridgehead atoms. The molecule has 0 aliphatic heterocycles. The van der Waals surface area contributed by atoms with Crippen molar-refractivity contribution >= 4 is 12.9 Å². The van der Waals surface area contributed by atoms with Crippen LogP contribution in [0.15, 0.2) is 11.4 Å². The minimum Gasteiger partial charge on any atom is -0.320 e. The molecule has 0 fully saturated rings. The Kier molecular flexibility index (Phi) is 2.34. The standard InChI is InChI=1S/C8H13O2P/c1-11(2,10)8-5-3-4-7(9)6-8/h6H,3-5H2,1-2H3. The number of carbonyl (C=O) groups is 1. The van der Waals surface area contributed by atoms with Crippen molar-refractivity contribution in [1.29, 1.82) is 0 Å². The molecule has 0 spiro atoms. The predicted octanol–water partition coefficient (Wildman–Crippen LogP) is 2.25. The largest absolute Gasteiger partial charge is 0.320 e. The topological polar surface area (TPSA) is 34.1 Å². The summed E-state index contributed by atoms with van der Waals surface area (Å²) in [5.74, 6) is 0.134. The first kappa shape index (κ1) is 8.73. The minimum absolute atomic E-state index is 0.134. The summed E-state index contributed by atoms with van der Waals surface area (Å²) in [4.78, 5) is 10.9. The molecule has 0 N–H and O–H groups in total. The van der Waals surface area contributed by atoms with Gasteiger partial charge in [0.2, 0.25) is 0 Å². The summed E-state index contributed by atoms with van der Waals surface area (Å²) < 4.78 is 11.5. The van der Waals surface area contributed by atoms with Crippen molar-refractivity contribution in [3.63, 3.8) is 0 Å². The van der Waals surface area contributed by atoms with Crippen LogP contribution in [0.2, 0.25) is 0 Å². The normalized spacial score (nSPS) is 19.8. The van der Waals surface area contributed by atoms with E-state index < -0.39 is 7.14 Å². The lowest BCUT2D eigenvalue weighted by Crippen LogP contribution is -2.02. The monoisotopic (exact) mass is 172 g/mol. The second-order valence-corrected chi connectivity index (χ2v) is 6.58. The number of carbonyl (C=O) groups excluding carboxylic acids is 1. The van der Waals surface area contributed by atoms with Gasteiger partial charge >= 0.3 is 0 Å². The zero-order valence-electron chi connectivity index (χ0n) is 6.96. The Morgan fingerprint density at radius 2 is 2.00 bits per heavy atom. The van der Waals surface area contributed by atoms with E-state index in [1.165, 1.54) is 0 Å². The molecule has 0 saturated carbocycles. The van der Waals surface area contributed by atoms with Gasteiger partial charge in [0.25, 0.3) is 0 Å². The number of hydrogen-bond acceptors (Lipinski definition) is 2. The summed E-state index contributed by atoms with van der Waals surface area (Å²) in [6.07, 6.45) is 3.92. The Labute approximate surface area is 67.0 Å². The van der Waals surface area contributed by atoms with Gasteiger partial charge in [-0.15, -0.1) is 0 Å². The van der Waals surface area contributed by atoms with Crippen molar-refractivity contribution in [2.45, 2.75) is 19.3 Å². The van der Waals surface area contributed by atoms with Crippen molar-refractivity contribution in [2.24, 2.45) is 0 Å². The van der Waals surface area contributed by atoms with Gasteiger partial charge in [0.1, 0.15) is 7.14 Å². The van der Waals surface area contributed by atoms with Crippen LogP contribution in [0, 0.1) is 0 Å². The molecule has 0 atom stereocenters. The first-order valence-corrected chi connectivity index (χ1v) is 6.39. The van der Waals surface area contributed by atoms with Gasteiger partial charge in [-0.2, -0.15) is 0 Å². The van der Waals surface area contributed by atoms with E-state index in [9.17, 15) is 9.36 Å². The fourth-order valence-corrected chi connectivity index (χ4v) is 2.35. The van der Waals surface area contributed by atoms with Gasteiger partial charge < -0.3 is 4.57 Å². The molecule has 0 saturated heterocycles. The fourth-order valence-electron chi connectivity index (χ4n) is 1.20. The zero-order chi connectivity index (χ0) is 8.48. The SMILES string of the molecule is CP(C)(=O)C1=CC(=O)CCC1. The molecule has 2 nitrogen and oxygen atoms in total. The summed E-state index contributed by atoms with van der Waals surface area (Å²) in [5.41, 5.74) is 0. The summed E-state index contributed by atoms with van der Waals surface area (Å²) >= 11 is 0. The van der Waals surface area contributed by atoms with Crippen molar-refractivity contribution < 1.29 is 9.36 Å². The van der Waals surface area contributed by atoms with E-state index >= 15 is 0 Å². The molecular weight excluding hydrogens is 159 g/mol. The highest BCUT2D eigenvalue weighted by Crippen LogP contribution is 2.49. The van der Waals surface area contributed by atoms with Crippen LogP contribution in [-0.4, -0.2) is 19.1 Å². The van der Waals surface area contributed by atoms with Gasteiger partial charge in [0, 0.05) is 6.42 Å². The lowest BCUT2D eigenvalue weighted by molar-refractivity contribution is -0.115. The molecule has 0 heterocycles. The molecule has 62 valence electrons. The summed E-state index contributed by atoms with van der Waals surface area (Å²) in [6.45, 7) is 3.44. The van der Waals surface area contributed by atoms with Gasteiger partial charge in [-0.25, -0.2) is 0 Å². The van der Waals surface area contributed by atoms with Crippen LogP contribution in [0.4, 0.5) is 0 Å². The van der Waals surface area contributed by atoms with E-state index in [-0.39, 0.29) is 5.78 Å². The van der Waals surface area contributed by atoms with Crippen LogP contribution in [-0.2, 0) is 9.36 Å². The highest BCUT2D eigenvalue weighted by Gasteiger charge is 2.19. The van der Waals surface area contributed by atoms with Gasteiger partial charge in [-0.3, -0.25) is 4.79 Å². The summed E-state index contributed by atoms with van der Waals surface area (Å²) in [5, 5.41) is 0.869. The van der Waals surface area contributed by atoms with Gasteiger partial charge in [0.15, 0.2) is 5.78 Å². The van der Waals surface area contributed by atoms with E-state index in [2.05, 4.69) is 0 Å². The molecule has 0 radical (unpaired) electrons.